The maximum atomic E-state index is 9.50. The summed E-state index contributed by atoms with van der Waals surface area (Å²) in [5.41, 5.74) is 0. The van der Waals surface area contributed by atoms with Crippen LogP contribution in [0.2, 0.25) is 0 Å². The largest absolute Gasteiger partial charge is 0.391 e. The van der Waals surface area contributed by atoms with Gasteiger partial charge >= 0.3 is 0 Å². The lowest BCUT2D eigenvalue weighted by Crippen LogP contribution is -2.37. The van der Waals surface area contributed by atoms with Crippen LogP contribution in [0.15, 0.2) is 0 Å². The molecule has 0 saturated heterocycles. The molecule has 2 atom stereocenters. The van der Waals surface area contributed by atoms with Gasteiger partial charge in [0.25, 0.3) is 0 Å². The van der Waals surface area contributed by atoms with Crippen molar-refractivity contribution < 1.29 is 5.11 Å². The summed E-state index contributed by atoms with van der Waals surface area (Å²) in [5.74, 6) is 1.04. The third-order valence-electron chi connectivity index (χ3n) is 1.72. The highest BCUT2D eigenvalue weighted by molar-refractivity contribution is 7.98. The van der Waals surface area contributed by atoms with E-state index in [2.05, 4.69) is 18.5 Å². The van der Waals surface area contributed by atoms with Crippen molar-refractivity contribution in [2.75, 3.05) is 18.6 Å². The molecule has 0 amide bonds. The van der Waals surface area contributed by atoms with Crippen molar-refractivity contribution >= 4 is 11.8 Å². The Morgan fingerprint density at radius 2 is 2.18 bits per heavy atom. The quantitative estimate of drug-likeness (QED) is 0.637. The minimum absolute atomic E-state index is 0.192. The van der Waals surface area contributed by atoms with E-state index in [-0.39, 0.29) is 12.1 Å². The second-order valence-corrected chi connectivity index (χ2v) is 3.68. The predicted molar refractivity (Wildman–Crippen MR) is 52.1 cm³/mol. The van der Waals surface area contributed by atoms with E-state index in [0.717, 1.165) is 18.7 Å². The Morgan fingerprint density at radius 3 is 2.64 bits per heavy atom. The fraction of sp³-hybridized carbons (Fsp3) is 1.00. The highest BCUT2D eigenvalue weighted by Gasteiger charge is 2.11. The molecule has 0 aliphatic rings. The van der Waals surface area contributed by atoms with Crippen LogP contribution in [0, 0.1) is 0 Å². The highest BCUT2D eigenvalue weighted by atomic mass is 32.2. The van der Waals surface area contributed by atoms with Gasteiger partial charge in [-0.1, -0.05) is 6.92 Å². The average Bonchev–Trinajstić information content (AvgIpc) is 2.00. The zero-order valence-corrected chi connectivity index (χ0v) is 8.45. The molecule has 68 valence electrons. The van der Waals surface area contributed by atoms with Gasteiger partial charge in [0.1, 0.15) is 0 Å². The zero-order valence-electron chi connectivity index (χ0n) is 7.63. The third kappa shape index (κ3) is 5.53. The van der Waals surface area contributed by atoms with Crippen molar-refractivity contribution in [3.63, 3.8) is 0 Å². The summed E-state index contributed by atoms with van der Waals surface area (Å²) in [6.07, 6.45) is 2.75. The maximum Gasteiger partial charge on any atom is 0.0698 e. The van der Waals surface area contributed by atoms with E-state index in [1.54, 1.807) is 11.8 Å². The second-order valence-electron chi connectivity index (χ2n) is 2.70. The van der Waals surface area contributed by atoms with Crippen LogP contribution in [-0.2, 0) is 0 Å². The van der Waals surface area contributed by atoms with Gasteiger partial charge in [-0.05, 0) is 31.9 Å². The number of thioether (sulfide) groups is 1. The Bertz CT molecular complexity index is 90.2. The van der Waals surface area contributed by atoms with Crippen LogP contribution in [0.3, 0.4) is 0 Å². The first kappa shape index (κ1) is 11.3. The van der Waals surface area contributed by atoms with Gasteiger partial charge in [0, 0.05) is 6.04 Å². The van der Waals surface area contributed by atoms with Crippen LogP contribution in [0.5, 0.6) is 0 Å². The molecular weight excluding hydrogens is 158 g/mol. The molecule has 0 aromatic heterocycles. The van der Waals surface area contributed by atoms with E-state index in [9.17, 15) is 5.11 Å². The summed E-state index contributed by atoms with van der Waals surface area (Å²) in [6, 6.07) is 0.229. The fourth-order valence-corrected chi connectivity index (χ4v) is 1.42. The number of aliphatic hydroxyl groups excluding tert-OH is 1. The number of aliphatic hydroxyl groups is 1. The van der Waals surface area contributed by atoms with Gasteiger partial charge in [0.05, 0.1) is 6.10 Å². The van der Waals surface area contributed by atoms with Gasteiger partial charge in [0.2, 0.25) is 0 Å². The Balaban J connectivity index is 3.38. The molecule has 2 N–H and O–H groups in total. The van der Waals surface area contributed by atoms with Gasteiger partial charge in [0.15, 0.2) is 0 Å². The lowest BCUT2D eigenvalue weighted by molar-refractivity contribution is 0.132. The van der Waals surface area contributed by atoms with Crippen molar-refractivity contribution in [2.45, 2.75) is 32.4 Å². The molecule has 3 heteroatoms. The Labute approximate surface area is 73.8 Å². The van der Waals surface area contributed by atoms with Crippen molar-refractivity contribution in [1.82, 2.24) is 5.32 Å². The summed E-state index contributed by atoms with van der Waals surface area (Å²) < 4.78 is 0. The number of likely N-dealkylation sites (N-methyl/N-ethyl adjacent to an activating group) is 1. The van der Waals surface area contributed by atoms with Crippen LogP contribution in [0.1, 0.15) is 20.3 Å². The Morgan fingerprint density at radius 1 is 1.55 bits per heavy atom. The fourth-order valence-electron chi connectivity index (χ4n) is 0.947. The molecule has 0 radical (unpaired) electrons. The first-order valence-corrected chi connectivity index (χ1v) is 5.52. The van der Waals surface area contributed by atoms with E-state index in [1.165, 1.54) is 0 Å². The highest BCUT2D eigenvalue weighted by Crippen LogP contribution is 2.03. The molecule has 2 nitrogen and oxygen atoms in total. The smallest absolute Gasteiger partial charge is 0.0698 e. The van der Waals surface area contributed by atoms with Crippen LogP contribution >= 0.6 is 11.8 Å². The Kier molecular flexibility index (Phi) is 7.12. The molecule has 11 heavy (non-hydrogen) atoms. The van der Waals surface area contributed by atoms with Crippen molar-refractivity contribution in [1.29, 1.82) is 0 Å². The number of hydrogen-bond acceptors (Lipinski definition) is 3. The van der Waals surface area contributed by atoms with Gasteiger partial charge in [-0.3, -0.25) is 0 Å². The van der Waals surface area contributed by atoms with Gasteiger partial charge < -0.3 is 10.4 Å². The van der Waals surface area contributed by atoms with E-state index in [4.69, 9.17) is 0 Å². The van der Waals surface area contributed by atoms with Crippen molar-refractivity contribution in [3.05, 3.63) is 0 Å². The minimum Gasteiger partial charge on any atom is -0.391 e. The molecule has 0 spiro atoms. The second kappa shape index (κ2) is 6.95. The molecule has 2 unspecified atom stereocenters. The van der Waals surface area contributed by atoms with Crippen LogP contribution < -0.4 is 5.32 Å². The molecule has 0 heterocycles. The summed E-state index contributed by atoms with van der Waals surface area (Å²) in [6.45, 7) is 5.00. The van der Waals surface area contributed by atoms with Gasteiger partial charge in [-0.15, -0.1) is 0 Å². The third-order valence-corrected chi connectivity index (χ3v) is 2.36. The minimum atomic E-state index is -0.192. The lowest BCUT2D eigenvalue weighted by Gasteiger charge is -2.18. The topological polar surface area (TPSA) is 32.3 Å². The lowest BCUT2D eigenvalue weighted by atomic mass is 10.1. The van der Waals surface area contributed by atoms with E-state index < -0.39 is 0 Å². The molecule has 0 aliphatic heterocycles. The van der Waals surface area contributed by atoms with Crippen LogP contribution in [0.4, 0.5) is 0 Å². The molecule has 0 fully saturated rings. The summed E-state index contributed by atoms with van der Waals surface area (Å²) in [5, 5.41) is 12.7. The van der Waals surface area contributed by atoms with Crippen molar-refractivity contribution in [2.24, 2.45) is 0 Å². The zero-order chi connectivity index (χ0) is 8.69. The number of rotatable bonds is 6. The van der Waals surface area contributed by atoms with Gasteiger partial charge in [-0.25, -0.2) is 0 Å². The SMILES string of the molecule is CCNC(C)C(O)CCSC. The Hall–Kier alpha value is 0.270. The monoisotopic (exact) mass is 177 g/mol. The first-order valence-electron chi connectivity index (χ1n) is 4.12. The molecular formula is C8H19NOS. The first-order chi connectivity index (χ1) is 5.22. The normalized spacial score (nSPS) is 16.4. The summed E-state index contributed by atoms with van der Waals surface area (Å²) >= 11 is 1.78. The van der Waals surface area contributed by atoms with Crippen molar-refractivity contribution in [3.8, 4) is 0 Å². The number of hydrogen-bond donors (Lipinski definition) is 2. The molecule has 0 aliphatic carbocycles. The maximum absolute atomic E-state index is 9.50. The van der Waals surface area contributed by atoms with Gasteiger partial charge in [-0.2, -0.15) is 11.8 Å². The molecule has 0 aromatic carbocycles. The standard InChI is InChI=1S/C8H19NOS/c1-4-9-7(2)8(10)5-6-11-3/h7-10H,4-6H2,1-3H3. The van der Waals surface area contributed by atoms with Crippen LogP contribution in [0.25, 0.3) is 0 Å². The summed E-state index contributed by atoms with van der Waals surface area (Å²) in [7, 11) is 0. The van der Waals surface area contributed by atoms with E-state index in [1.807, 2.05) is 6.92 Å². The average molecular weight is 177 g/mol. The predicted octanol–water partition coefficient (Wildman–Crippen LogP) is 1.10. The molecule has 0 aromatic rings. The number of nitrogens with one attached hydrogen (secondary N) is 1. The van der Waals surface area contributed by atoms with E-state index in [0.29, 0.717) is 0 Å². The van der Waals surface area contributed by atoms with Crippen LogP contribution in [-0.4, -0.2) is 35.8 Å². The molecule has 0 rings (SSSR count). The molecule has 0 saturated carbocycles. The summed E-state index contributed by atoms with van der Waals surface area (Å²) in [4.78, 5) is 0. The van der Waals surface area contributed by atoms with E-state index >= 15 is 0 Å². The molecule has 0 bridgehead atoms.